The molecule has 0 aliphatic heterocycles. The molecule has 0 aromatic rings. The van der Waals surface area contributed by atoms with Gasteiger partial charge in [-0.15, -0.1) is 0 Å². The Morgan fingerprint density at radius 3 is 2.28 bits per heavy atom. The van der Waals surface area contributed by atoms with Crippen molar-refractivity contribution in [3.63, 3.8) is 0 Å². The number of allylic oxidation sites excluding steroid dienone is 2. The normalized spacial score (nSPS) is 26.2. The van der Waals surface area contributed by atoms with E-state index < -0.39 is 0 Å². The van der Waals surface area contributed by atoms with Gasteiger partial charge in [0, 0.05) is 18.3 Å². The van der Waals surface area contributed by atoms with Gasteiger partial charge in [0.2, 0.25) is 0 Å². The smallest absolute Gasteiger partial charge is 0.136 e. The van der Waals surface area contributed by atoms with Crippen LogP contribution in [-0.2, 0) is 9.53 Å². The number of ether oxygens (including phenoxy) is 1. The summed E-state index contributed by atoms with van der Waals surface area (Å²) in [6.07, 6.45) is 18.8. The number of hydrogen-bond donors (Lipinski definition) is 0. The first-order valence-corrected chi connectivity index (χ1v) is 11.1. The van der Waals surface area contributed by atoms with Crippen molar-refractivity contribution in [2.45, 2.75) is 103 Å². The third kappa shape index (κ3) is 5.86. The predicted octanol–water partition coefficient (Wildman–Crippen LogP) is 6.59. The maximum Gasteiger partial charge on any atom is 0.136 e. The Kier molecular flexibility index (Phi) is 7.43. The van der Waals surface area contributed by atoms with E-state index in [1.807, 2.05) is 0 Å². The van der Waals surface area contributed by atoms with E-state index in [4.69, 9.17) is 4.74 Å². The molecule has 0 spiro atoms. The Balaban J connectivity index is 1.40. The van der Waals surface area contributed by atoms with Crippen LogP contribution < -0.4 is 0 Å². The fourth-order valence-electron chi connectivity index (χ4n) is 4.54. The van der Waals surface area contributed by atoms with Crippen molar-refractivity contribution in [1.29, 1.82) is 0 Å². The summed E-state index contributed by atoms with van der Waals surface area (Å²) in [7, 11) is 0. The second-order valence-electron chi connectivity index (χ2n) is 8.73. The topological polar surface area (TPSA) is 26.3 Å². The van der Waals surface area contributed by atoms with Crippen molar-refractivity contribution in [2.75, 3.05) is 6.61 Å². The Morgan fingerprint density at radius 2 is 1.68 bits per heavy atom. The van der Waals surface area contributed by atoms with Crippen molar-refractivity contribution < 1.29 is 9.53 Å². The highest BCUT2D eigenvalue weighted by Gasteiger charge is 2.30. The molecule has 0 heterocycles. The number of hydrogen-bond acceptors (Lipinski definition) is 2. The second-order valence-corrected chi connectivity index (χ2v) is 8.73. The molecule has 2 nitrogen and oxygen atoms in total. The first-order valence-electron chi connectivity index (χ1n) is 11.1. The number of unbranched alkanes of at least 4 members (excludes halogenated alkanes) is 2. The summed E-state index contributed by atoms with van der Waals surface area (Å²) in [5.74, 6) is 3.89. The Labute approximate surface area is 154 Å². The molecule has 0 saturated heterocycles. The summed E-state index contributed by atoms with van der Waals surface area (Å²) in [6, 6.07) is 0. The summed E-state index contributed by atoms with van der Waals surface area (Å²) >= 11 is 0. The number of carbonyl (C=O) groups is 1. The van der Waals surface area contributed by atoms with E-state index in [1.165, 1.54) is 76.4 Å². The van der Waals surface area contributed by atoms with Crippen LogP contribution in [0.4, 0.5) is 0 Å². The van der Waals surface area contributed by atoms with E-state index >= 15 is 0 Å². The van der Waals surface area contributed by atoms with Crippen LogP contribution in [0.25, 0.3) is 0 Å². The minimum atomic E-state index is 0.410. The van der Waals surface area contributed by atoms with E-state index in [1.54, 1.807) is 5.57 Å². The van der Waals surface area contributed by atoms with Gasteiger partial charge in [0.05, 0.1) is 12.4 Å². The van der Waals surface area contributed by atoms with Crippen molar-refractivity contribution in [2.24, 2.45) is 17.8 Å². The van der Waals surface area contributed by atoms with Crippen LogP contribution in [0.1, 0.15) is 103 Å². The molecule has 3 rings (SSSR count). The van der Waals surface area contributed by atoms with Crippen molar-refractivity contribution in [1.82, 2.24) is 0 Å². The number of ketones is 1. The van der Waals surface area contributed by atoms with Crippen LogP contribution in [0.5, 0.6) is 0 Å². The van der Waals surface area contributed by atoms with Crippen molar-refractivity contribution in [3.8, 4) is 0 Å². The quantitative estimate of drug-likeness (QED) is 0.312. The molecule has 2 heteroatoms. The minimum absolute atomic E-state index is 0.410. The number of rotatable bonds is 11. The highest BCUT2D eigenvalue weighted by atomic mass is 16.5. The molecule has 0 bridgehead atoms. The summed E-state index contributed by atoms with van der Waals surface area (Å²) in [5.41, 5.74) is 1.60. The Morgan fingerprint density at radius 1 is 0.960 bits per heavy atom. The van der Waals surface area contributed by atoms with Gasteiger partial charge in [-0.2, -0.15) is 0 Å². The molecule has 3 aliphatic rings. The summed E-state index contributed by atoms with van der Waals surface area (Å²) < 4.78 is 6.30. The van der Waals surface area contributed by atoms with Crippen LogP contribution in [0.15, 0.2) is 11.3 Å². The van der Waals surface area contributed by atoms with E-state index in [0.29, 0.717) is 17.6 Å². The van der Waals surface area contributed by atoms with Gasteiger partial charge in [0.25, 0.3) is 0 Å². The molecule has 0 aromatic heterocycles. The lowest BCUT2D eigenvalue weighted by Gasteiger charge is -2.33. The second kappa shape index (κ2) is 9.78. The molecule has 0 radical (unpaired) electrons. The summed E-state index contributed by atoms with van der Waals surface area (Å²) in [5, 5.41) is 0. The highest BCUT2D eigenvalue weighted by molar-refractivity contribution is 5.83. The molecular formula is C23H38O2. The van der Waals surface area contributed by atoms with Gasteiger partial charge in [-0.05, 0) is 75.7 Å². The van der Waals surface area contributed by atoms with Gasteiger partial charge >= 0.3 is 0 Å². The first kappa shape index (κ1) is 19.0. The largest absolute Gasteiger partial charge is 0.498 e. The lowest BCUT2D eigenvalue weighted by molar-refractivity contribution is -0.120. The third-order valence-electron chi connectivity index (χ3n) is 6.60. The van der Waals surface area contributed by atoms with E-state index in [0.717, 1.165) is 38.2 Å². The highest BCUT2D eigenvalue weighted by Crippen LogP contribution is 2.41. The zero-order valence-electron chi connectivity index (χ0n) is 16.4. The molecular weight excluding hydrogens is 308 g/mol. The molecule has 3 saturated carbocycles. The van der Waals surface area contributed by atoms with Gasteiger partial charge in [0.1, 0.15) is 5.78 Å². The lowest BCUT2D eigenvalue weighted by Crippen LogP contribution is -2.21. The maximum atomic E-state index is 11.8. The molecule has 142 valence electrons. The lowest BCUT2D eigenvalue weighted by atomic mass is 9.76. The third-order valence-corrected chi connectivity index (χ3v) is 6.60. The summed E-state index contributed by atoms with van der Waals surface area (Å²) in [4.78, 5) is 11.8. The Hall–Kier alpha value is -0.790. The zero-order valence-corrected chi connectivity index (χ0v) is 16.4. The summed E-state index contributed by atoms with van der Waals surface area (Å²) in [6.45, 7) is 3.05. The van der Waals surface area contributed by atoms with Crippen LogP contribution in [0, 0.1) is 17.8 Å². The fourth-order valence-corrected chi connectivity index (χ4v) is 4.54. The number of Topliss-reactive ketones (excluding diaryl/α,β-unsaturated/α-hetero) is 1. The van der Waals surface area contributed by atoms with Crippen molar-refractivity contribution in [3.05, 3.63) is 11.3 Å². The SMILES string of the molecule is CCCCCC1CCC(C(OCCCC(=O)C2CC2)=C2CCC2)CC1. The van der Waals surface area contributed by atoms with Gasteiger partial charge in [0.15, 0.2) is 0 Å². The molecule has 3 aliphatic carbocycles. The van der Waals surface area contributed by atoms with Crippen molar-refractivity contribution >= 4 is 5.78 Å². The molecule has 0 unspecified atom stereocenters. The van der Waals surface area contributed by atoms with Gasteiger partial charge < -0.3 is 4.74 Å². The average Bonchev–Trinajstić information content (AvgIpc) is 3.42. The van der Waals surface area contributed by atoms with Gasteiger partial charge in [-0.1, -0.05) is 32.6 Å². The standard InChI is InChI=1S/C23H38O2/c1-2-3-4-7-18-11-13-21(14-12-18)23(20-8-5-9-20)25-17-6-10-22(24)19-15-16-19/h18-19,21H,2-17H2,1H3. The molecule has 3 fully saturated rings. The van der Waals surface area contributed by atoms with E-state index in [2.05, 4.69) is 6.92 Å². The fraction of sp³-hybridized carbons (Fsp3) is 0.870. The minimum Gasteiger partial charge on any atom is -0.498 e. The monoisotopic (exact) mass is 346 g/mol. The van der Waals surface area contributed by atoms with E-state index in [-0.39, 0.29) is 0 Å². The molecule has 0 amide bonds. The molecule has 0 N–H and O–H groups in total. The van der Waals surface area contributed by atoms with Crippen LogP contribution in [0.2, 0.25) is 0 Å². The van der Waals surface area contributed by atoms with Crippen LogP contribution in [0.3, 0.4) is 0 Å². The maximum absolute atomic E-state index is 11.8. The van der Waals surface area contributed by atoms with Crippen LogP contribution in [-0.4, -0.2) is 12.4 Å². The van der Waals surface area contributed by atoms with Crippen LogP contribution >= 0.6 is 0 Å². The van der Waals surface area contributed by atoms with Gasteiger partial charge in [-0.25, -0.2) is 0 Å². The molecule has 0 atom stereocenters. The molecule has 0 aromatic carbocycles. The zero-order chi connectivity index (χ0) is 17.5. The molecule has 25 heavy (non-hydrogen) atoms. The van der Waals surface area contributed by atoms with E-state index in [9.17, 15) is 4.79 Å². The predicted molar refractivity (Wildman–Crippen MR) is 103 cm³/mol. The average molecular weight is 347 g/mol. The first-order chi connectivity index (χ1) is 12.3. The number of carbonyl (C=O) groups excluding carboxylic acids is 1. The van der Waals surface area contributed by atoms with Gasteiger partial charge in [-0.3, -0.25) is 4.79 Å². The Bertz CT molecular complexity index is 447.